The fourth-order valence-corrected chi connectivity index (χ4v) is 1.44. The second-order valence-electron chi connectivity index (χ2n) is 5.15. The van der Waals surface area contributed by atoms with E-state index in [4.69, 9.17) is 4.42 Å². The third-order valence-corrected chi connectivity index (χ3v) is 2.42. The molecule has 0 spiro atoms. The molecular formula is C15H25N3O. The molecule has 2 N–H and O–H groups in total. The van der Waals surface area contributed by atoms with E-state index in [0.717, 1.165) is 43.3 Å². The van der Waals surface area contributed by atoms with Crippen LogP contribution in [0.15, 0.2) is 40.0 Å². The number of aliphatic imine (C=N–C) groups is 1. The molecule has 0 amide bonds. The van der Waals surface area contributed by atoms with Crippen molar-refractivity contribution in [1.82, 2.24) is 10.6 Å². The molecule has 0 aromatic carbocycles. The number of hydrogen-bond donors (Lipinski definition) is 2. The lowest BCUT2D eigenvalue weighted by atomic mass is 10.2. The van der Waals surface area contributed by atoms with Crippen molar-refractivity contribution in [2.75, 3.05) is 19.6 Å². The fourth-order valence-electron chi connectivity index (χ4n) is 1.44. The van der Waals surface area contributed by atoms with Crippen LogP contribution >= 0.6 is 0 Å². The molecule has 0 aliphatic rings. The van der Waals surface area contributed by atoms with E-state index in [1.54, 1.807) is 6.26 Å². The van der Waals surface area contributed by atoms with Gasteiger partial charge >= 0.3 is 0 Å². The summed E-state index contributed by atoms with van der Waals surface area (Å²) in [6.07, 6.45) is 2.55. The predicted molar refractivity (Wildman–Crippen MR) is 80.4 cm³/mol. The quantitative estimate of drug-likeness (QED) is 0.451. The normalized spacial score (nSPS) is 11.7. The molecular weight excluding hydrogens is 238 g/mol. The summed E-state index contributed by atoms with van der Waals surface area (Å²) in [4.78, 5) is 4.54. The molecule has 19 heavy (non-hydrogen) atoms. The van der Waals surface area contributed by atoms with Gasteiger partial charge in [-0.15, -0.1) is 0 Å². The number of furan rings is 1. The molecule has 0 aliphatic carbocycles. The van der Waals surface area contributed by atoms with Crippen molar-refractivity contribution in [3.8, 4) is 0 Å². The highest BCUT2D eigenvalue weighted by molar-refractivity contribution is 5.80. The number of rotatable bonds is 7. The third-order valence-electron chi connectivity index (χ3n) is 2.42. The zero-order valence-corrected chi connectivity index (χ0v) is 12.2. The average Bonchev–Trinajstić information content (AvgIpc) is 2.84. The molecule has 4 heteroatoms. The van der Waals surface area contributed by atoms with Gasteiger partial charge in [-0.3, -0.25) is 4.99 Å². The van der Waals surface area contributed by atoms with E-state index in [2.05, 4.69) is 36.1 Å². The molecule has 0 aliphatic heterocycles. The first-order valence-corrected chi connectivity index (χ1v) is 6.77. The van der Waals surface area contributed by atoms with Crippen molar-refractivity contribution in [1.29, 1.82) is 0 Å². The maximum atomic E-state index is 5.30. The maximum absolute atomic E-state index is 5.30. The summed E-state index contributed by atoms with van der Waals surface area (Å²) in [7, 11) is 0. The van der Waals surface area contributed by atoms with Gasteiger partial charge in [-0.1, -0.05) is 26.0 Å². The Kier molecular flexibility index (Phi) is 6.79. The zero-order valence-electron chi connectivity index (χ0n) is 12.2. The molecule has 0 unspecified atom stereocenters. The monoisotopic (exact) mass is 263 g/mol. The van der Waals surface area contributed by atoms with Gasteiger partial charge in [0.1, 0.15) is 5.76 Å². The maximum Gasteiger partial charge on any atom is 0.191 e. The lowest BCUT2D eigenvalue weighted by Gasteiger charge is -2.12. The van der Waals surface area contributed by atoms with Crippen molar-refractivity contribution in [3.05, 3.63) is 36.3 Å². The van der Waals surface area contributed by atoms with Crippen molar-refractivity contribution >= 4 is 5.96 Å². The summed E-state index contributed by atoms with van der Waals surface area (Å²) < 4.78 is 5.30. The van der Waals surface area contributed by atoms with E-state index in [9.17, 15) is 0 Å². The Morgan fingerprint density at radius 3 is 2.79 bits per heavy atom. The molecule has 1 aromatic rings. The van der Waals surface area contributed by atoms with E-state index >= 15 is 0 Å². The Morgan fingerprint density at radius 2 is 2.21 bits per heavy atom. The highest BCUT2D eigenvalue weighted by atomic mass is 16.3. The van der Waals surface area contributed by atoms with Gasteiger partial charge in [-0.25, -0.2) is 0 Å². The highest BCUT2D eigenvalue weighted by Crippen LogP contribution is 1.99. The molecule has 0 bridgehead atoms. The van der Waals surface area contributed by atoms with Gasteiger partial charge in [0.15, 0.2) is 5.96 Å². The van der Waals surface area contributed by atoms with E-state index in [1.165, 1.54) is 0 Å². The minimum Gasteiger partial charge on any atom is -0.469 e. The Labute approximate surface area is 116 Å². The molecule has 4 nitrogen and oxygen atoms in total. The molecule has 1 heterocycles. The molecule has 0 atom stereocenters. The average molecular weight is 263 g/mol. The van der Waals surface area contributed by atoms with Crippen LogP contribution in [0, 0.1) is 5.92 Å². The van der Waals surface area contributed by atoms with Gasteiger partial charge in [0, 0.05) is 26.1 Å². The SMILES string of the molecule is C=C(C)CNC(=NCC(C)C)NCCc1ccco1. The van der Waals surface area contributed by atoms with Crippen LogP contribution in [0.1, 0.15) is 26.5 Å². The summed E-state index contributed by atoms with van der Waals surface area (Å²) in [6, 6.07) is 3.89. The first-order valence-electron chi connectivity index (χ1n) is 6.77. The zero-order chi connectivity index (χ0) is 14.1. The van der Waals surface area contributed by atoms with Crippen molar-refractivity contribution in [2.45, 2.75) is 27.2 Å². The van der Waals surface area contributed by atoms with Gasteiger partial charge in [0.25, 0.3) is 0 Å². The first-order chi connectivity index (χ1) is 9.08. The van der Waals surface area contributed by atoms with Crippen LogP contribution in [0.3, 0.4) is 0 Å². The van der Waals surface area contributed by atoms with Crippen LogP contribution in [0.2, 0.25) is 0 Å². The van der Waals surface area contributed by atoms with Gasteiger partial charge in [-0.05, 0) is 25.0 Å². The lowest BCUT2D eigenvalue weighted by Crippen LogP contribution is -2.39. The molecule has 106 valence electrons. The lowest BCUT2D eigenvalue weighted by molar-refractivity contribution is 0.506. The summed E-state index contributed by atoms with van der Waals surface area (Å²) in [5, 5.41) is 6.57. The Morgan fingerprint density at radius 1 is 1.42 bits per heavy atom. The van der Waals surface area contributed by atoms with E-state index in [0.29, 0.717) is 5.92 Å². The third kappa shape index (κ3) is 7.34. The summed E-state index contributed by atoms with van der Waals surface area (Å²) in [6.45, 7) is 12.5. The Bertz CT molecular complexity index is 394. The molecule has 0 fully saturated rings. The molecule has 1 rings (SSSR count). The number of guanidine groups is 1. The van der Waals surface area contributed by atoms with Crippen LogP contribution < -0.4 is 10.6 Å². The largest absolute Gasteiger partial charge is 0.469 e. The van der Waals surface area contributed by atoms with Gasteiger partial charge in [0.2, 0.25) is 0 Å². The van der Waals surface area contributed by atoms with Crippen LogP contribution in [-0.2, 0) is 6.42 Å². The first kappa shape index (κ1) is 15.3. The van der Waals surface area contributed by atoms with Gasteiger partial charge in [0.05, 0.1) is 6.26 Å². The van der Waals surface area contributed by atoms with E-state index in [-0.39, 0.29) is 0 Å². The van der Waals surface area contributed by atoms with Gasteiger partial charge < -0.3 is 15.1 Å². The Balaban J connectivity index is 2.39. The van der Waals surface area contributed by atoms with E-state index in [1.807, 2.05) is 19.1 Å². The fraction of sp³-hybridized carbons (Fsp3) is 0.533. The summed E-state index contributed by atoms with van der Waals surface area (Å²) in [5.41, 5.74) is 1.09. The highest BCUT2D eigenvalue weighted by Gasteiger charge is 2.01. The standard InChI is InChI=1S/C15H25N3O/c1-12(2)10-17-15(18-11-13(3)4)16-8-7-14-6-5-9-19-14/h5-6,9,13H,1,7-8,10-11H2,2-4H3,(H2,16,17,18). The number of nitrogens with one attached hydrogen (secondary N) is 2. The smallest absolute Gasteiger partial charge is 0.191 e. The van der Waals surface area contributed by atoms with E-state index < -0.39 is 0 Å². The molecule has 0 saturated heterocycles. The van der Waals surface area contributed by atoms with Crippen LogP contribution in [-0.4, -0.2) is 25.6 Å². The van der Waals surface area contributed by atoms with Crippen LogP contribution in [0.25, 0.3) is 0 Å². The summed E-state index contributed by atoms with van der Waals surface area (Å²) in [5.74, 6) is 2.37. The predicted octanol–water partition coefficient (Wildman–Crippen LogP) is 2.59. The Hall–Kier alpha value is -1.71. The minimum atomic E-state index is 0.550. The number of nitrogens with zero attached hydrogens (tertiary/aromatic N) is 1. The van der Waals surface area contributed by atoms with Crippen molar-refractivity contribution in [2.24, 2.45) is 10.9 Å². The summed E-state index contributed by atoms with van der Waals surface area (Å²) >= 11 is 0. The van der Waals surface area contributed by atoms with Crippen LogP contribution in [0.5, 0.6) is 0 Å². The molecule has 1 aromatic heterocycles. The van der Waals surface area contributed by atoms with Crippen molar-refractivity contribution in [3.63, 3.8) is 0 Å². The second kappa shape index (κ2) is 8.40. The molecule has 0 saturated carbocycles. The second-order valence-corrected chi connectivity index (χ2v) is 5.15. The number of hydrogen-bond acceptors (Lipinski definition) is 2. The van der Waals surface area contributed by atoms with Crippen molar-refractivity contribution < 1.29 is 4.42 Å². The van der Waals surface area contributed by atoms with Crippen LogP contribution in [0.4, 0.5) is 0 Å². The van der Waals surface area contributed by atoms with Gasteiger partial charge in [-0.2, -0.15) is 0 Å². The molecule has 0 radical (unpaired) electrons. The topological polar surface area (TPSA) is 49.6 Å². The minimum absolute atomic E-state index is 0.550.